The van der Waals surface area contributed by atoms with Crippen molar-refractivity contribution in [1.82, 2.24) is 0 Å². The van der Waals surface area contributed by atoms with Crippen LogP contribution in [-0.4, -0.2) is 37.6 Å². The highest BCUT2D eigenvalue weighted by molar-refractivity contribution is 7.99. The van der Waals surface area contributed by atoms with Crippen molar-refractivity contribution in [3.63, 3.8) is 0 Å². The number of ether oxygens (including phenoxy) is 1. The van der Waals surface area contributed by atoms with Gasteiger partial charge in [-0.2, -0.15) is 11.8 Å². The quantitative estimate of drug-likeness (QED) is 0.784. The van der Waals surface area contributed by atoms with Gasteiger partial charge in [0.2, 0.25) is 0 Å². The molecule has 1 saturated heterocycles. The molecular formula is C16H23NO2S. The summed E-state index contributed by atoms with van der Waals surface area (Å²) >= 11 is 1.99. The average Bonchev–Trinajstić information content (AvgIpc) is 2.93. The van der Waals surface area contributed by atoms with Gasteiger partial charge in [0.05, 0.1) is 6.61 Å². The first kappa shape index (κ1) is 15.4. The summed E-state index contributed by atoms with van der Waals surface area (Å²) < 4.78 is 5.35. The molecule has 0 spiro atoms. The lowest BCUT2D eigenvalue weighted by atomic mass is 9.79. The zero-order valence-corrected chi connectivity index (χ0v) is 13.0. The molecule has 2 unspecified atom stereocenters. The number of nitrogens with one attached hydrogen (secondary N) is 1. The molecule has 1 aliphatic rings. The smallest absolute Gasteiger partial charge is 0.120 e. The number of benzene rings is 1. The van der Waals surface area contributed by atoms with Crippen LogP contribution in [0.15, 0.2) is 24.3 Å². The molecule has 0 radical (unpaired) electrons. The molecule has 0 saturated carbocycles. The summed E-state index contributed by atoms with van der Waals surface area (Å²) in [5.74, 6) is 2.38. The largest absolute Gasteiger partial charge is 0.384 e. The summed E-state index contributed by atoms with van der Waals surface area (Å²) in [6, 6.07) is 8.82. The Morgan fingerprint density at radius 3 is 2.95 bits per heavy atom. The number of aldehydes is 1. The van der Waals surface area contributed by atoms with Crippen LogP contribution in [0.2, 0.25) is 0 Å². The molecule has 4 heteroatoms. The van der Waals surface area contributed by atoms with Crippen molar-refractivity contribution >= 4 is 23.7 Å². The number of hydrogen-bond acceptors (Lipinski definition) is 4. The summed E-state index contributed by atoms with van der Waals surface area (Å²) in [7, 11) is 1.69. The third-order valence-electron chi connectivity index (χ3n) is 3.86. The zero-order chi connectivity index (χ0) is 14.4. The van der Waals surface area contributed by atoms with Crippen LogP contribution in [0.5, 0.6) is 0 Å². The second-order valence-electron chi connectivity index (χ2n) is 5.61. The maximum Gasteiger partial charge on any atom is 0.120 e. The predicted molar refractivity (Wildman–Crippen MR) is 85.7 cm³/mol. The van der Waals surface area contributed by atoms with Crippen LogP contribution < -0.4 is 5.32 Å². The highest BCUT2D eigenvalue weighted by Gasteiger charge is 2.29. The fourth-order valence-corrected chi connectivity index (χ4v) is 3.91. The van der Waals surface area contributed by atoms with Gasteiger partial charge in [-0.1, -0.05) is 25.1 Å². The van der Waals surface area contributed by atoms with Gasteiger partial charge >= 0.3 is 0 Å². The van der Waals surface area contributed by atoms with Crippen LogP contribution >= 0.6 is 11.8 Å². The molecule has 0 amide bonds. The molecular weight excluding hydrogens is 270 g/mol. The first-order valence-electron chi connectivity index (χ1n) is 7.06. The zero-order valence-electron chi connectivity index (χ0n) is 12.2. The molecule has 0 bridgehead atoms. The van der Waals surface area contributed by atoms with Crippen LogP contribution in [0.3, 0.4) is 0 Å². The Kier molecular flexibility index (Phi) is 5.49. The summed E-state index contributed by atoms with van der Waals surface area (Å²) in [6.45, 7) is 2.64. The minimum atomic E-state index is -0.272. The first-order valence-corrected chi connectivity index (χ1v) is 8.21. The molecule has 1 aliphatic heterocycles. The van der Waals surface area contributed by atoms with Gasteiger partial charge in [0.1, 0.15) is 6.29 Å². The van der Waals surface area contributed by atoms with Gasteiger partial charge in [0, 0.05) is 36.4 Å². The van der Waals surface area contributed by atoms with Gasteiger partial charge in [-0.25, -0.2) is 0 Å². The van der Waals surface area contributed by atoms with E-state index in [9.17, 15) is 4.79 Å². The lowest BCUT2D eigenvalue weighted by Gasteiger charge is -2.30. The van der Waals surface area contributed by atoms with Gasteiger partial charge in [-0.3, -0.25) is 0 Å². The van der Waals surface area contributed by atoms with Crippen molar-refractivity contribution in [3.05, 3.63) is 29.8 Å². The fraction of sp³-hybridized carbons (Fsp3) is 0.562. The van der Waals surface area contributed by atoms with E-state index in [1.165, 1.54) is 17.7 Å². The molecule has 1 N–H and O–H groups in total. The molecule has 110 valence electrons. The lowest BCUT2D eigenvalue weighted by molar-refractivity contribution is -0.109. The normalized spacial score (nSPS) is 21.4. The Morgan fingerprint density at radius 1 is 1.50 bits per heavy atom. The van der Waals surface area contributed by atoms with Crippen molar-refractivity contribution in [3.8, 4) is 0 Å². The molecule has 2 atom stereocenters. The predicted octanol–water partition coefficient (Wildman–Crippen LogP) is 3.10. The van der Waals surface area contributed by atoms with Gasteiger partial charge in [-0.05, 0) is 23.8 Å². The summed E-state index contributed by atoms with van der Waals surface area (Å²) in [6.07, 6.45) is 2.66. The molecule has 2 rings (SSSR count). The van der Waals surface area contributed by atoms with Crippen molar-refractivity contribution in [1.29, 1.82) is 0 Å². The Morgan fingerprint density at radius 2 is 2.30 bits per heavy atom. The number of anilines is 1. The average molecular weight is 293 g/mol. The van der Waals surface area contributed by atoms with Crippen LogP contribution in [0.1, 0.15) is 25.3 Å². The Balaban J connectivity index is 2.26. The van der Waals surface area contributed by atoms with E-state index >= 15 is 0 Å². The monoisotopic (exact) mass is 293 g/mol. The third-order valence-corrected chi connectivity index (χ3v) is 5.03. The molecule has 1 aromatic carbocycles. The molecule has 3 nitrogen and oxygen atoms in total. The Labute approximate surface area is 125 Å². The lowest BCUT2D eigenvalue weighted by Crippen LogP contribution is -2.31. The van der Waals surface area contributed by atoms with Crippen LogP contribution in [0.4, 0.5) is 5.69 Å². The first-order chi connectivity index (χ1) is 9.69. The second kappa shape index (κ2) is 7.14. The fourth-order valence-electron chi connectivity index (χ4n) is 2.75. The number of methoxy groups -OCH3 is 1. The van der Waals surface area contributed by atoms with E-state index in [2.05, 4.69) is 24.4 Å². The van der Waals surface area contributed by atoms with Crippen molar-refractivity contribution in [2.24, 2.45) is 0 Å². The number of hydrogen-bond donors (Lipinski definition) is 1. The molecule has 1 fully saturated rings. The molecule has 1 heterocycles. The van der Waals surface area contributed by atoms with Gasteiger partial charge < -0.3 is 14.8 Å². The Bertz CT molecular complexity index is 446. The van der Waals surface area contributed by atoms with Crippen molar-refractivity contribution in [2.45, 2.75) is 31.2 Å². The minimum Gasteiger partial charge on any atom is -0.384 e. The molecule has 1 aromatic rings. The molecule has 0 aliphatic carbocycles. The third kappa shape index (κ3) is 3.55. The maximum absolute atomic E-state index is 11.0. The second-order valence-corrected chi connectivity index (χ2v) is 6.76. The van der Waals surface area contributed by atoms with E-state index in [4.69, 9.17) is 4.74 Å². The van der Waals surface area contributed by atoms with Crippen molar-refractivity contribution in [2.75, 3.05) is 30.5 Å². The minimum absolute atomic E-state index is 0.272. The number of para-hydroxylation sites is 1. The summed E-state index contributed by atoms with van der Waals surface area (Å²) in [5.41, 5.74) is 2.04. The van der Waals surface area contributed by atoms with Gasteiger partial charge in [0.25, 0.3) is 0 Å². The molecule has 20 heavy (non-hydrogen) atoms. The van der Waals surface area contributed by atoms with Crippen LogP contribution in [0, 0.1) is 0 Å². The van der Waals surface area contributed by atoms with E-state index < -0.39 is 0 Å². The SMILES string of the molecule is COCC(C)(CC=O)c1ccccc1NC1CCSC1. The van der Waals surface area contributed by atoms with E-state index in [0.29, 0.717) is 19.1 Å². The topological polar surface area (TPSA) is 38.3 Å². The summed E-state index contributed by atoms with van der Waals surface area (Å²) in [5, 5.41) is 3.64. The number of thioether (sulfide) groups is 1. The number of carbonyl (C=O) groups excluding carboxylic acids is 1. The van der Waals surface area contributed by atoms with E-state index in [1.54, 1.807) is 7.11 Å². The van der Waals surface area contributed by atoms with Gasteiger partial charge in [0.15, 0.2) is 0 Å². The summed E-state index contributed by atoms with van der Waals surface area (Å²) in [4.78, 5) is 11.0. The number of rotatable bonds is 7. The highest BCUT2D eigenvalue weighted by atomic mass is 32.2. The standard InChI is InChI=1S/C16H23NO2S/c1-16(8-9-18,12-19-2)14-5-3-4-6-15(14)17-13-7-10-20-11-13/h3-6,9,13,17H,7-8,10-12H2,1-2H3. The van der Waals surface area contributed by atoms with Crippen molar-refractivity contribution < 1.29 is 9.53 Å². The maximum atomic E-state index is 11.0. The van der Waals surface area contributed by atoms with Crippen LogP contribution in [-0.2, 0) is 14.9 Å². The Hall–Kier alpha value is -1.000. The van der Waals surface area contributed by atoms with E-state index in [1.807, 2.05) is 23.9 Å². The van der Waals surface area contributed by atoms with E-state index in [-0.39, 0.29) is 5.41 Å². The van der Waals surface area contributed by atoms with Gasteiger partial charge in [-0.15, -0.1) is 0 Å². The van der Waals surface area contributed by atoms with E-state index in [0.717, 1.165) is 17.7 Å². The molecule has 0 aromatic heterocycles. The number of carbonyl (C=O) groups is 1. The highest BCUT2D eigenvalue weighted by Crippen LogP contribution is 2.34. The van der Waals surface area contributed by atoms with Crippen LogP contribution in [0.25, 0.3) is 0 Å².